The molecule has 0 aromatic heterocycles. The molecule has 6 heteroatoms. The van der Waals surface area contributed by atoms with Crippen LogP contribution in [0.5, 0.6) is 0 Å². The van der Waals surface area contributed by atoms with Crippen molar-refractivity contribution in [2.45, 2.75) is 19.3 Å². The lowest BCUT2D eigenvalue weighted by atomic mass is 9.98. The first kappa shape index (κ1) is 17.7. The third-order valence-electron chi connectivity index (χ3n) is 5.26. The minimum absolute atomic E-state index is 0.0939. The van der Waals surface area contributed by atoms with E-state index in [4.69, 9.17) is 5.11 Å². The standard InChI is InChI=1S/C19H27N3O3/c23-18(22-9-4-5-16(15-22)19(24)25)8-10-20-11-13-21(14-12-20)17-6-2-1-3-7-17/h1-3,6-7,16H,4-5,8-15H2,(H,24,25). The molecule has 6 nitrogen and oxygen atoms in total. The molecular formula is C19H27N3O3. The summed E-state index contributed by atoms with van der Waals surface area (Å²) in [5, 5.41) is 9.14. The molecular weight excluding hydrogens is 318 g/mol. The molecule has 3 rings (SSSR count). The fourth-order valence-electron chi connectivity index (χ4n) is 3.69. The topological polar surface area (TPSA) is 64.1 Å². The molecule has 2 saturated heterocycles. The van der Waals surface area contributed by atoms with Gasteiger partial charge in [-0.05, 0) is 25.0 Å². The van der Waals surface area contributed by atoms with Crippen LogP contribution in [0.1, 0.15) is 19.3 Å². The third-order valence-corrected chi connectivity index (χ3v) is 5.26. The van der Waals surface area contributed by atoms with Crippen LogP contribution < -0.4 is 4.90 Å². The number of benzene rings is 1. The molecule has 0 spiro atoms. The van der Waals surface area contributed by atoms with Gasteiger partial charge in [-0.1, -0.05) is 18.2 Å². The van der Waals surface area contributed by atoms with Crippen molar-refractivity contribution in [3.05, 3.63) is 30.3 Å². The normalized spacial score (nSPS) is 22.0. The molecule has 136 valence electrons. The van der Waals surface area contributed by atoms with E-state index in [1.807, 2.05) is 6.07 Å². The fourth-order valence-corrected chi connectivity index (χ4v) is 3.69. The number of hydrogen-bond acceptors (Lipinski definition) is 4. The number of likely N-dealkylation sites (tertiary alicyclic amines) is 1. The van der Waals surface area contributed by atoms with Crippen molar-refractivity contribution < 1.29 is 14.7 Å². The van der Waals surface area contributed by atoms with E-state index in [0.717, 1.165) is 39.1 Å². The van der Waals surface area contributed by atoms with Gasteiger partial charge >= 0.3 is 5.97 Å². The van der Waals surface area contributed by atoms with Gasteiger partial charge in [-0.3, -0.25) is 14.5 Å². The van der Waals surface area contributed by atoms with Crippen LogP contribution in [0.25, 0.3) is 0 Å². The van der Waals surface area contributed by atoms with Crippen LogP contribution in [0, 0.1) is 5.92 Å². The largest absolute Gasteiger partial charge is 0.481 e. The number of carbonyl (C=O) groups excluding carboxylic acids is 1. The Morgan fingerprint density at radius 1 is 1.04 bits per heavy atom. The van der Waals surface area contributed by atoms with Gasteiger partial charge in [-0.15, -0.1) is 0 Å². The number of aliphatic carboxylic acids is 1. The third kappa shape index (κ3) is 4.72. The number of anilines is 1. The molecule has 0 bridgehead atoms. The molecule has 1 N–H and O–H groups in total. The summed E-state index contributed by atoms with van der Waals surface area (Å²) in [6.45, 7) is 5.70. The van der Waals surface area contributed by atoms with Crippen LogP contribution in [0.2, 0.25) is 0 Å². The van der Waals surface area contributed by atoms with Gasteiger partial charge in [0.25, 0.3) is 0 Å². The number of carbonyl (C=O) groups is 2. The number of rotatable bonds is 5. The van der Waals surface area contributed by atoms with E-state index < -0.39 is 11.9 Å². The van der Waals surface area contributed by atoms with Crippen molar-refractivity contribution in [2.75, 3.05) is 50.7 Å². The number of piperidine rings is 1. The first-order valence-electron chi connectivity index (χ1n) is 9.16. The van der Waals surface area contributed by atoms with Crippen molar-refractivity contribution >= 4 is 17.6 Å². The number of nitrogens with zero attached hydrogens (tertiary/aromatic N) is 3. The number of carboxylic acid groups (broad SMARTS) is 1. The molecule has 1 unspecified atom stereocenters. The Morgan fingerprint density at radius 2 is 1.76 bits per heavy atom. The Bertz CT molecular complexity index is 585. The first-order chi connectivity index (χ1) is 12.1. The van der Waals surface area contributed by atoms with Crippen molar-refractivity contribution in [1.82, 2.24) is 9.80 Å². The first-order valence-corrected chi connectivity index (χ1v) is 9.16. The van der Waals surface area contributed by atoms with Gasteiger partial charge in [-0.25, -0.2) is 0 Å². The van der Waals surface area contributed by atoms with Crippen molar-refractivity contribution in [3.8, 4) is 0 Å². The Hall–Kier alpha value is -2.08. The second-order valence-electron chi connectivity index (χ2n) is 6.93. The highest BCUT2D eigenvalue weighted by Gasteiger charge is 2.28. The van der Waals surface area contributed by atoms with Crippen molar-refractivity contribution in [1.29, 1.82) is 0 Å². The van der Waals surface area contributed by atoms with Crippen molar-refractivity contribution in [2.24, 2.45) is 5.92 Å². The lowest BCUT2D eigenvalue weighted by Crippen LogP contribution is -2.48. The summed E-state index contributed by atoms with van der Waals surface area (Å²) in [5.41, 5.74) is 1.26. The van der Waals surface area contributed by atoms with Gasteiger partial charge in [0, 0.05) is 57.9 Å². The maximum absolute atomic E-state index is 12.4. The lowest BCUT2D eigenvalue weighted by Gasteiger charge is -2.36. The zero-order valence-corrected chi connectivity index (χ0v) is 14.6. The summed E-state index contributed by atoms with van der Waals surface area (Å²) in [7, 11) is 0. The summed E-state index contributed by atoms with van der Waals surface area (Å²) in [5.74, 6) is -1.09. The second-order valence-corrected chi connectivity index (χ2v) is 6.93. The maximum Gasteiger partial charge on any atom is 0.308 e. The average molecular weight is 345 g/mol. The van der Waals surface area contributed by atoms with Crippen LogP contribution in [-0.2, 0) is 9.59 Å². The second kappa shape index (κ2) is 8.34. The van der Waals surface area contributed by atoms with Gasteiger partial charge in [0.15, 0.2) is 0 Å². The van der Waals surface area contributed by atoms with E-state index in [-0.39, 0.29) is 5.91 Å². The summed E-state index contributed by atoms with van der Waals surface area (Å²) < 4.78 is 0. The molecule has 1 amide bonds. The number of carboxylic acids is 1. The molecule has 2 fully saturated rings. The Labute approximate surface area is 149 Å². The zero-order valence-electron chi connectivity index (χ0n) is 14.6. The molecule has 1 atom stereocenters. The van der Waals surface area contributed by atoms with E-state index in [1.54, 1.807) is 4.90 Å². The predicted octanol–water partition coefficient (Wildman–Crippen LogP) is 1.52. The summed E-state index contributed by atoms with van der Waals surface area (Å²) >= 11 is 0. The average Bonchev–Trinajstić information content (AvgIpc) is 2.67. The molecule has 0 saturated carbocycles. The quantitative estimate of drug-likeness (QED) is 0.877. The summed E-state index contributed by atoms with van der Waals surface area (Å²) in [4.78, 5) is 30.0. The Balaban J connectivity index is 1.41. The molecule has 1 aromatic carbocycles. The van der Waals surface area contributed by atoms with E-state index in [9.17, 15) is 9.59 Å². The van der Waals surface area contributed by atoms with Gasteiger partial charge < -0.3 is 14.9 Å². The molecule has 1 aromatic rings. The van der Waals surface area contributed by atoms with E-state index in [0.29, 0.717) is 25.9 Å². The lowest BCUT2D eigenvalue weighted by molar-refractivity contribution is -0.145. The van der Waals surface area contributed by atoms with Crippen LogP contribution >= 0.6 is 0 Å². The highest BCUT2D eigenvalue weighted by atomic mass is 16.4. The Morgan fingerprint density at radius 3 is 2.44 bits per heavy atom. The van der Waals surface area contributed by atoms with E-state index >= 15 is 0 Å². The number of hydrogen-bond donors (Lipinski definition) is 1. The number of piperazine rings is 1. The van der Waals surface area contributed by atoms with Crippen LogP contribution in [0.15, 0.2) is 30.3 Å². The molecule has 2 aliphatic heterocycles. The Kier molecular flexibility index (Phi) is 5.91. The smallest absolute Gasteiger partial charge is 0.308 e. The van der Waals surface area contributed by atoms with Crippen LogP contribution in [0.3, 0.4) is 0 Å². The van der Waals surface area contributed by atoms with Crippen LogP contribution in [-0.4, -0.2) is 72.6 Å². The zero-order chi connectivity index (χ0) is 17.6. The molecule has 2 aliphatic rings. The molecule has 0 radical (unpaired) electrons. The van der Waals surface area contributed by atoms with Crippen LogP contribution in [0.4, 0.5) is 5.69 Å². The number of amides is 1. The molecule has 25 heavy (non-hydrogen) atoms. The van der Waals surface area contributed by atoms with Gasteiger partial charge in [0.05, 0.1) is 5.92 Å². The number of para-hydroxylation sites is 1. The highest BCUT2D eigenvalue weighted by molar-refractivity contribution is 5.78. The fraction of sp³-hybridized carbons (Fsp3) is 0.579. The minimum atomic E-state index is -0.783. The monoisotopic (exact) mass is 345 g/mol. The summed E-state index contributed by atoms with van der Waals surface area (Å²) in [6.07, 6.45) is 1.96. The predicted molar refractivity (Wildman–Crippen MR) is 96.7 cm³/mol. The minimum Gasteiger partial charge on any atom is -0.481 e. The van der Waals surface area contributed by atoms with E-state index in [2.05, 4.69) is 34.1 Å². The van der Waals surface area contributed by atoms with Gasteiger partial charge in [0.1, 0.15) is 0 Å². The summed E-state index contributed by atoms with van der Waals surface area (Å²) in [6, 6.07) is 10.4. The van der Waals surface area contributed by atoms with Crippen molar-refractivity contribution in [3.63, 3.8) is 0 Å². The van der Waals surface area contributed by atoms with Gasteiger partial charge in [-0.2, -0.15) is 0 Å². The maximum atomic E-state index is 12.4. The van der Waals surface area contributed by atoms with Gasteiger partial charge in [0.2, 0.25) is 5.91 Å². The highest BCUT2D eigenvalue weighted by Crippen LogP contribution is 2.18. The molecule has 2 heterocycles. The molecule has 0 aliphatic carbocycles. The SMILES string of the molecule is O=C(O)C1CCCN(C(=O)CCN2CCN(c3ccccc3)CC2)C1. The van der Waals surface area contributed by atoms with E-state index in [1.165, 1.54) is 5.69 Å².